The van der Waals surface area contributed by atoms with E-state index in [-0.39, 0.29) is 5.91 Å². The van der Waals surface area contributed by atoms with Crippen molar-refractivity contribution in [1.29, 1.82) is 0 Å². The van der Waals surface area contributed by atoms with Gasteiger partial charge in [-0.15, -0.1) is 0 Å². The topological polar surface area (TPSA) is 23.6 Å². The van der Waals surface area contributed by atoms with Gasteiger partial charge >= 0.3 is 0 Å². The minimum atomic E-state index is -0.0342. The Bertz CT molecular complexity index is 232. The van der Waals surface area contributed by atoms with Gasteiger partial charge < -0.3 is 4.90 Å². The number of likely N-dealkylation sites (N-methyl/N-ethyl adjacent to an activating group) is 2. The average Bonchev–Trinajstić information content (AvgIpc) is 1.97. The molecule has 0 aromatic rings. The molecule has 0 bridgehead atoms. The van der Waals surface area contributed by atoms with Gasteiger partial charge in [-0.2, -0.15) is 0 Å². The van der Waals surface area contributed by atoms with Crippen LogP contribution in [0.3, 0.4) is 0 Å². The predicted molar refractivity (Wildman–Crippen MR) is 43.7 cm³/mol. The van der Waals surface area contributed by atoms with E-state index in [0.717, 1.165) is 5.82 Å². The maximum absolute atomic E-state index is 11.2. The van der Waals surface area contributed by atoms with E-state index in [9.17, 15) is 4.79 Å². The number of rotatable bonds is 0. The number of carbonyl (C=O) groups is 1. The Labute approximate surface area is 66.6 Å². The number of hydrogen-bond donors (Lipinski definition) is 0. The molecular weight excluding hydrogens is 140 g/mol. The van der Waals surface area contributed by atoms with E-state index in [2.05, 4.69) is 13.2 Å². The Balaban J connectivity index is 2.87. The Morgan fingerprint density at radius 3 is 2.45 bits per heavy atom. The molecule has 0 aliphatic carbocycles. The zero-order valence-electron chi connectivity index (χ0n) is 6.92. The molecule has 1 amide bonds. The smallest absolute Gasteiger partial charge is 0.256 e. The lowest BCUT2D eigenvalue weighted by Gasteiger charge is -2.34. The van der Waals surface area contributed by atoms with Crippen LogP contribution in [-0.2, 0) is 4.79 Å². The van der Waals surface area contributed by atoms with Crippen molar-refractivity contribution in [3.63, 3.8) is 0 Å². The van der Waals surface area contributed by atoms with E-state index in [1.165, 1.54) is 4.90 Å². The SMILES string of the molecule is C=C1CN(C)C(=C)N(C)C1=O. The molecule has 0 N–H and O–H groups in total. The van der Waals surface area contributed by atoms with Gasteiger partial charge in [0.1, 0.15) is 5.82 Å². The highest BCUT2D eigenvalue weighted by Gasteiger charge is 2.24. The van der Waals surface area contributed by atoms with Crippen LogP contribution in [0.2, 0.25) is 0 Å². The molecule has 1 saturated heterocycles. The van der Waals surface area contributed by atoms with E-state index in [1.807, 2.05) is 11.9 Å². The second-order valence-electron chi connectivity index (χ2n) is 2.74. The molecule has 1 aliphatic rings. The first-order valence-corrected chi connectivity index (χ1v) is 3.40. The third kappa shape index (κ3) is 1.13. The number of amides is 1. The molecule has 0 spiro atoms. The van der Waals surface area contributed by atoms with Crippen molar-refractivity contribution in [1.82, 2.24) is 9.80 Å². The van der Waals surface area contributed by atoms with Crippen molar-refractivity contribution in [2.24, 2.45) is 0 Å². The fourth-order valence-corrected chi connectivity index (χ4v) is 1.06. The minimum absolute atomic E-state index is 0.0342. The third-order valence-electron chi connectivity index (χ3n) is 1.86. The van der Waals surface area contributed by atoms with Gasteiger partial charge in [-0.1, -0.05) is 13.2 Å². The van der Waals surface area contributed by atoms with Crippen molar-refractivity contribution in [2.45, 2.75) is 0 Å². The zero-order valence-corrected chi connectivity index (χ0v) is 6.92. The lowest BCUT2D eigenvalue weighted by atomic mass is 10.2. The minimum Gasteiger partial charge on any atom is -0.357 e. The summed E-state index contributed by atoms with van der Waals surface area (Å²) in [5.74, 6) is 0.690. The van der Waals surface area contributed by atoms with Gasteiger partial charge in [-0.3, -0.25) is 9.69 Å². The molecule has 1 fully saturated rings. The van der Waals surface area contributed by atoms with Gasteiger partial charge in [0.2, 0.25) is 0 Å². The van der Waals surface area contributed by atoms with E-state index < -0.39 is 0 Å². The molecule has 1 aliphatic heterocycles. The summed E-state index contributed by atoms with van der Waals surface area (Å²) >= 11 is 0. The second kappa shape index (κ2) is 2.42. The number of nitrogens with zero attached hydrogens (tertiary/aromatic N) is 2. The fraction of sp³-hybridized carbons (Fsp3) is 0.375. The molecule has 3 nitrogen and oxygen atoms in total. The van der Waals surface area contributed by atoms with Crippen LogP contribution in [0.25, 0.3) is 0 Å². The molecule has 60 valence electrons. The number of carbonyl (C=O) groups excluding carboxylic acids is 1. The Kier molecular flexibility index (Phi) is 1.72. The molecule has 0 aromatic heterocycles. The van der Waals surface area contributed by atoms with E-state index in [1.54, 1.807) is 7.05 Å². The van der Waals surface area contributed by atoms with E-state index in [0.29, 0.717) is 12.1 Å². The molecule has 0 radical (unpaired) electrons. The van der Waals surface area contributed by atoms with Crippen LogP contribution in [-0.4, -0.2) is 36.3 Å². The largest absolute Gasteiger partial charge is 0.357 e. The summed E-state index contributed by atoms with van der Waals surface area (Å²) in [6.07, 6.45) is 0. The molecule has 0 atom stereocenters. The Morgan fingerprint density at radius 1 is 1.36 bits per heavy atom. The fourth-order valence-electron chi connectivity index (χ4n) is 1.06. The van der Waals surface area contributed by atoms with Crippen molar-refractivity contribution in [2.75, 3.05) is 20.6 Å². The van der Waals surface area contributed by atoms with Gasteiger partial charge in [0, 0.05) is 26.2 Å². The van der Waals surface area contributed by atoms with Crippen molar-refractivity contribution in [3.8, 4) is 0 Å². The zero-order chi connectivity index (χ0) is 8.59. The van der Waals surface area contributed by atoms with Crippen molar-refractivity contribution >= 4 is 5.91 Å². The van der Waals surface area contributed by atoms with Gasteiger partial charge in [-0.25, -0.2) is 0 Å². The van der Waals surface area contributed by atoms with Gasteiger partial charge in [0.25, 0.3) is 5.91 Å². The quantitative estimate of drug-likeness (QED) is 0.470. The number of hydrogen-bond acceptors (Lipinski definition) is 2. The highest BCUT2D eigenvalue weighted by Crippen LogP contribution is 2.15. The molecule has 0 aromatic carbocycles. The standard InChI is InChI=1S/C8H12N2O/c1-6-5-9(3)7(2)10(4)8(6)11/h1-2,5H2,3-4H3. The monoisotopic (exact) mass is 152 g/mol. The van der Waals surface area contributed by atoms with Crippen LogP contribution < -0.4 is 0 Å². The molecule has 0 unspecified atom stereocenters. The summed E-state index contributed by atoms with van der Waals surface area (Å²) in [6.45, 7) is 7.99. The van der Waals surface area contributed by atoms with E-state index in [4.69, 9.17) is 0 Å². The summed E-state index contributed by atoms with van der Waals surface area (Å²) in [5.41, 5.74) is 0.613. The average molecular weight is 152 g/mol. The van der Waals surface area contributed by atoms with Crippen LogP contribution in [0.15, 0.2) is 24.6 Å². The summed E-state index contributed by atoms with van der Waals surface area (Å²) in [5, 5.41) is 0. The Morgan fingerprint density at radius 2 is 1.91 bits per heavy atom. The molecule has 0 saturated carbocycles. The highest BCUT2D eigenvalue weighted by molar-refractivity contribution is 5.95. The normalized spacial score (nSPS) is 19.6. The lowest BCUT2D eigenvalue weighted by molar-refractivity contribution is -0.126. The first-order valence-electron chi connectivity index (χ1n) is 3.40. The van der Waals surface area contributed by atoms with Crippen LogP contribution in [0.1, 0.15) is 0 Å². The van der Waals surface area contributed by atoms with Crippen LogP contribution in [0, 0.1) is 0 Å². The van der Waals surface area contributed by atoms with Crippen LogP contribution in [0.4, 0.5) is 0 Å². The maximum Gasteiger partial charge on any atom is 0.256 e. The second-order valence-corrected chi connectivity index (χ2v) is 2.74. The lowest BCUT2D eigenvalue weighted by Crippen LogP contribution is -2.42. The summed E-state index contributed by atoms with van der Waals surface area (Å²) in [4.78, 5) is 14.6. The summed E-state index contributed by atoms with van der Waals surface area (Å²) in [7, 11) is 3.59. The van der Waals surface area contributed by atoms with Gasteiger partial charge in [0.15, 0.2) is 0 Å². The molecule has 3 heteroatoms. The molecule has 11 heavy (non-hydrogen) atoms. The summed E-state index contributed by atoms with van der Waals surface area (Å²) < 4.78 is 0. The van der Waals surface area contributed by atoms with Gasteiger partial charge in [-0.05, 0) is 0 Å². The van der Waals surface area contributed by atoms with Crippen LogP contribution in [0.5, 0.6) is 0 Å². The molecule has 1 rings (SSSR count). The van der Waals surface area contributed by atoms with E-state index >= 15 is 0 Å². The van der Waals surface area contributed by atoms with Crippen molar-refractivity contribution < 1.29 is 4.79 Å². The first-order chi connectivity index (χ1) is 5.04. The Hall–Kier alpha value is -1.25. The molecular formula is C8H12N2O. The van der Waals surface area contributed by atoms with Crippen molar-refractivity contribution in [3.05, 3.63) is 24.6 Å². The summed E-state index contributed by atoms with van der Waals surface area (Å²) in [6, 6.07) is 0. The first kappa shape index (κ1) is 7.85. The predicted octanol–water partition coefficient (Wildman–Crippen LogP) is 0.418. The molecule has 1 heterocycles. The maximum atomic E-state index is 11.2. The third-order valence-corrected chi connectivity index (χ3v) is 1.86. The van der Waals surface area contributed by atoms with Gasteiger partial charge in [0.05, 0.1) is 0 Å². The van der Waals surface area contributed by atoms with Crippen LogP contribution >= 0.6 is 0 Å². The highest BCUT2D eigenvalue weighted by atomic mass is 16.2.